The van der Waals surface area contributed by atoms with Gasteiger partial charge in [-0.3, -0.25) is 0 Å². The van der Waals surface area contributed by atoms with E-state index in [9.17, 15) is 5.11 Å². The Labute approximate surface area is 151 Å². The van der Waals surface area contributed by atoms with Crippen molar-refractivity contribution >= 4 is 28.5 Å². The minimum atomic E-state index is -0.177. The third-order valence-corrected chi connectivity index (χ3v) is 4.69. The van der Waals surface area contributed by atoms with Crippen LogP contribution in [0.25, 0.3) is 11.0 Å². The largest absolute Gasteiger partial charge is 0.393 e. The van der Waals surface area contributed by atoms with Crippen molar-refractivity contribution in [2.75, 3.05) is 10.6 Å². The van der Waals surface area contributed by atoms with Crippen LogP contribution in [0.5, 0.6) is 0 Å². The number of aromatic nitrogens is 4. The first-order valence-electron chi connectivity index (χ1n) is 8.93. The van der Waals surface area contributed by atoms with Crippen molar-refractivity contribution in [3.63, 3.8) is 0 Å². The number of aliphatic hydroxyl groups excluding tert-OH is 1. The lowest BCUT2D eigenvalue weighted by atomic mass is 9.93. The van der Waals surface area contributed by atoms with Crippen molar-refractivity contribution in [2.24, 2.45) is 0 Å². The molecule has 1 aliphatic carbocycles. The lowest BCUT2D eigenvalue weighted by Crippen LogP contribution is -2.28. The predicted molar refractivity (Wildman–Crippen MR) is 101 cm³/mol. The Morgan fingerprint density at radius 1 is 1.08 bits per heavy atom. The maximum absolute atomic E-state index is 9.65. The highest BCUT2D eigenvalue weighted by molar-refractivity contribution is 5.87. The number of aryl methyl sites for hydroxylation is 1. The second kappa shape index (κ2) is 7.21. The third-order valence-electron chi connectivity index (χ3n) is 4.69. The molecule has 1 aliphatic rings. The number of nitrogens with zero attached hydrogens (tertiary/aromatic N) is 4. The minimum Gasteiger partial charge on any atom is -0.393 e. The molecule has 134 valence electrons. The van der Waals surface area contributed by atoms with E-state index in [0.717, 1.165) is 31.4 Å². The van der Waals surface area contributed by atoms with Crippen molar-refractivity contribution in [1.29, 1.82) is 0 Å². The standard InChI is InChI=1S/C19H22N6O/c1-12-3-2-4-14(9-12)23-18-17-16(21-11-22-18)10-20-19(25-17)24-13-5-7-15(26)8-6-13/h2-4,9-11,13,15,26H,5-8H2,1H3,(H,20,24,25)(H,21,22,23)/t13-,15+. The zero-order valence-corrected chi connectivity index (χ0v) is 14.7. The number of rotatable bonds is 4. The molecule has 0 bridgehead atoms. The van der Waals surface area contributed by atoms with Crippen LogP contribution >= 0.6 is 0 Å². The van der Waals surface area contributed by atoms with Gasteiger partial charge in [-0.25, -0.2) is 19.9 Å². The Bertz CT molecular complexity index is 907. The summed E-state index contributed by atoms with van der Waals surface area (Å²) in [7, 11) is 0. The highest BCUT2D eigenvalue weighted by Crippen LogP contribution is 2.24. The van der Waals surface area contributed by atoms with E-state index in [4.69, 9.17) is 0 Å². The van der Waals surface area contributed by atoms with Gasteiger partial charge in [-0.2, -0.15) is 0 Å². The zero-order chi connectivity index (χ0) is 17.9. The monoisotopic (exact) mass is 350 g/mol. The van der Waals surface area contributed by atoms with Crippen LogP contribution in [-0.4, -0.2) is 37.2 Å². The molecule has 4 rings (SSSR count). The first-order valence-corrected chi connectivity index (χ1v) is 8.93. The molecular formula is C19H22N6O. The smallest absolute Gasteiger partial charge is 0.223 e. The van der Waals surface area contributed by atoms with Gasteiger partial charge in [-0.1, -0.05) is 12.1 Å². The number of anilines is 3. The van der Waals surface area contributed by atoms with Crippen molar-refractivity contribution in [3.05, 3.63) is 42.4 Å². The van der Waals surface area contributed by atoms with Gasteiger partial charge in [0, 0.05) is 11.7 Å². The van der Waals surface area contributed by atoms with Crippen LogP contribution in [0.15, 0.2) is 36.8 Å². The highest BCUT2D eigenvalue weighted by atomic mass is 16.3. The number of aliphatic hydroxyl groups is 1. The van der Waals surface area contributed by atoms with Crippen LogP contribution in [0.4, 0.5) is 17.5 Å². The zero-order valence-electron chi connectivity index (χ0n) is 14.7. The van der Waals surface area contributed by atoms with Gasteiger partial charge in [-0.05, 0) is 50.3 Å². The second-order valence-electron chi connectivity index (χ2n) is 6.79. The van der Waals surface area contributed by atoms with Crippen molar-refractivity contribution < 1.29 is 5.11 Å². The van der Waals surface area contributed by atoms with E-state index in [2.05, 4.69) is 49.6 Å². The average Bonchev–Trinajstić information content (AvgIpc) is 2.64. The topological polar surface area (TPSA) is 95.9 Å². The second-order valence-corrected chi connectivity index (χ2v) is 6.79. The van der Waals surface area contributed by atoms with Gasteiger partial charge in [0.1, 0.15) is 17.4 Å². The first kappa shape index (κ1) is 16.7. The maximum atomic E-state index is 9.65. The van der Waals surface area contributed by atoms with Crippen LogP contribution in [0, 0.1) is 6.92 Å². The maximum Gasteiger partial charge on any atom is 0.223 e. The van der Waals surface area contributed by atoms with E-state index in [1.165, 1.54) is 11.9 Å². The SMILES string of the molecule is Cc1cccc(Nc2ncnc3cnc(N[C@H]4CC[C@@H](O)CC4)nc23)c1. The number of hydrogen-bond acceptors (Lipinski definition) is 7. The van der Waals surface area contributed by atoms with Gasteiger partial charge in [0.25, 0.3) is 0 Å². The van der Waals surface area contributed by atoms with E-state index in [0.29, 0.717) is 22.8 Å². The van der Waals surface area contributed by atoms with Crippen molar-refractivity contribution in [1.82, 2.24) is 19.9 Å². The van der Waals surface area contributed by atoms with E-state index < -0.39 is 0 Å². The number of hydrogen-bond donors (Lipinski definition) is 3. The molecule has 7 nitrogen and oxygen atoms in total. The van der Waals surface area contributed by atoms with Gasteiger partial charge in [0.15, 0.2) is 5.82 Å². The summed E-state index contributed by atoms with van der Waals surface area (Å²) in [4.78, 5) is 17.6. The number of fused-ring (bicyclic) bond motifs is 1. The molecule has 1 fully saturated rings. The summed E-state index contributed by atoms with van der Waals surface area (Å²) in [5.41, 5.74) is 3.51. The van der Waals surface area contributed by atoms with Crippen LogP contribution in [0.3, 0.4) is 0 Å². The van der Waals surface area contributed by atoms with E-state index in [1.807, 2.05) is 12.1 Å². The normalized spacial score (nSPS) is 20.1. The van der Waals surface area contributed by atoms with Crippen LogP contribution < -0.4 is 10.6 Å². The van der Waals surface area contributed by atoms with Crippen LogP contribution in [-0.2, 0) is 0 Å². The fraction of sp³-hybridized carbons (Fsp3) is 0.368. The average molecular weight is 350 g/mol. The molecule has 0 amide bonds. The molecule has 2 heterocycles. The van der Waals surface area contributed by atoms with E-state index in [-0.39, 0.29) is 12.1 Å². The molecule has 3 aromatic rings. The molecule has 1 aromatic carbocycles. The molecule has 2 aromatic heterocycles. The summed E-state index contributed by atoms with van der Waals surface area (Å²) in [6.45, 7) is 2.05. The van der Waals surface area contributed by atoms with Gasteiger partial charge in [0.05, 0.1) is 12.3 Å². The molecule has 0 unspecified atom stereocenters. The molecule has 3 N–H and O–H groups in total. The summed E-state index contributed by atoms with van der Waals surface area (Å²) in [6.07, 6.45) is 6.52. The van der Waals surface area contributed by atoms with E-state index >= 15 is 0 Å². The molecule has 0 radical (unpaired) electrons. The fourth-order valence-electron chi connectivity index (χ4n) is 3.28. The lowest BCUT2D eigenvalue weighted by molar-refractivity contribution is 0.126. The fourth-order valence-corrected chi connectivity index (χ4v) is 3.28. The van der Waals surface area contributed by atoms with Crippen LogP contribution in [0.2, 0.25) is 0 Å². The Hall–Kier alpha value is -2.80. The molecular weight excluding hydrogens is 328 g/mol. The molecule has 26 heavy (non-hydrogen) atoms. The number of benzene rings is 1. The third kappa shape index (κ3) is 3.72. The molecule has 1 saturated carbocycles. The summed E-state index contributed by atoms with van der Waals surface area (Å²) in [6, 6.07) is 8.39. The Morgan fingerprint density at radius 3 is 2.73 bits per heavy atom. The number of nitrogens with one attached hydrogen (secondary N) is 2. The highest BCUT2D eigenvalue weighted by Gasteiger charge is 2.20. The molecule has 0 spiro atoms. The summed E-state index contributed by atoms with van der Waals surface area (Å²) in [5.74, 6) is 1.23. The molecule has 0 aliphatic heterocycles. The Morgan fingerprint density at radius 2 is 1.92 bits per heavy atom. The Kier molecular flexibility index (Phi) is 4.62. The summed E-state index contributed by atoms with van der Waals surface area (Å²) in [5, 5.41) is 16.3. The Balaban J connectivity index is 1.60. The minimum absolute atomic E-state index is 0.177. The molecule has 0 saturated heterocycles. The molecule has 0 atom stereocenters. The van der Waals surface area contributed by atoms with Crippen molar-refractivity contribution in [3.8, 4) is 0 Å². The molecule has 7 heteroatoms. The lowest BCUT2D eigenvalue weighted by Gasteiger charge is -2.26. The van der Waals surface area contributed by atoms with E-state index in [1.54, 1.807) is 6.20 Å². The van der Waals surface area contributed by atoms with Gasteiger partial charge < -0.3 is 15.7 Å². The van der Waals surface area contributed by atoms with Gasteiger partial charge >= 0.3 is 0 Å². The summed E-state index contributed by atoms with van der Waals surface area (Å²) >= 11 is 0. The quantitative estimate of drug-likeness (QED) is 0.665. The van der Waals surface area contributed by atoms with Gasteiger partial charge in [0.2, 0.25) is 5.95 Å². The van der Waals surface area contributed by atoms with Crippen molar-refractivity contribution in [2.45, 2.75) is 44.8 Å². The summed E-state index contributed by atoms with van der Waals surface area (Å²) < 4.78 is 0. The first-order chi connectivity index (χ1) is 12.7. The predicted octanol–water partition coefficient (Wildman–Crippen LogP) is 3.19. The van der Waals surface area contributed by atoms with Crippen LogP contribution in [0.1, 0.15) is 31.2 Å². The van der Waals surface area contributed by atoms with Gasteiger partial charge in [-0.15, -0.1) is 0 Å².